The van der Waals surface area contributed by atoms with Crippen LogP contribution in [0.1, 0.15) is 15.9 Å². The zero-order chi connectivity index (χ0) is 14.6. The molecule has 0 fully saturated rings. The summed E-state index contributed by atoms with van der Waals surface area (Å²) in [4.78, 5) is 17.4. The number of anilines is 1. The molecule has 21 heavy (non-hydrogen) atoms. The average Bonchev–Trinajstić information content (AvgIpc) is 2.67. The molecule has 0 atom stereocenters. The molecule has 0 saturated heterocycles. The molecule has 0 amide bonds. The predicted octanol–water partition coefficient (Wildman–Crippen LogP) is 0.952. The second-order valence-corrected chi connectivity index (χ2v) is 4.73. The summed E-state index contributed by atoms with van der Waals surface area (Å²) in [5, 5.41) is 18.9. The summed E-state index contributed by atoms with van der Waals surface area (Å²) in [5.41, 5.74) is 4.75. The second-order valence-electron chi connectivity index (χ2n) is 4.73. The molecule has 104 valence electrons. The summed E-state index contributed by atoms with van der Waals surface area (Å²) in [7, 11) is 0. The minimum Gasteiger partial charge on any atom is -0.508 e. The lowest BCUT2D eigenvalue weighted by molar-refractivity contribution is 0.104. The number of nitrogens with one attached hydrogen (secondary N) is 1. The Morgan fingerprint density at radius 2 is 1.90 bits per heavy atom. The number of phenolic OH excluding ortho intramolecular Hbond substituents is 1. The van der Waals surface area contributed by atoms with Gasteiger partial charge < -0.3 is 19.5 Å². The Balaban J connectivity index is 2.00. The summed E-state index contributed by atoms with van der Waals surface area (Å²) < 4.78 is 5.60. The van der Waals surface area contributed by atoms with Crippen LogP contribution in [0.5, 0.6) is 11.5 Å². The molecule has 0 spiro atoms. The first-order valence-corrected chi connectivity index (χ1v) is 6.19. The number of furan rings is 1. The van der Waals surface area contributed by atoms with Gasteiger partial charge in [0, 0.05) is 23.8 Å². The number of aromatic hydroxyl groups is 1. The van der Waals surface area contributed by atoms with E-state index < -0.39 is 0 Å². The van der Waals surface area contributed by atoms with Crippen LogP contribution in [0, 0.1) is 0 Å². The Morgan fingerprint density at radius 1 is 1.05 bits per heavy atom. The fraction of sp³-hybridized carbons (Fsp3) is 0. The number of aliphatic hydroxyl groups excluding tert-OH is 1. The normalized spacial score (nSPS) is 15.0. The lowest BCUT2D eigenvalue weighted by Crippen LogP contribution is -2.18. The number of phenols is 1. The lowest BCUT2D eigenvalue weighted by atomic mass is 10.1. The van der Waals surface area contributed by atoms with Crippen LogP contribution in [-0.4, -0.2) is 16.0 Å². The van der Waals surface area contributed by atoms with Gasteiger partial charge in [-0.3, -0.25) is 4.79 Å². The van der Waals surface area contributed by atoms with E-state index in [1.807, 2.05) is 0 Å². The molecule has 2 heterocycles. The highest BCUT2D eigenvalue weighted by Crippen LogP contribution is 2.27. The van der Waals surface area contributed by atoms with E-state index in [0.29, 0.717) is 28.0 Å². The molecule has 0 saturated carbocycles. The topological polar surface area (TPSA) is 91.9 Å². The fourth-order valence-electron chi connectivity index (χ4n) is 2.38. The molecule has 0 bridgehead atoms. The summed E-state index contributed by atoms with van der Waals surface area (Å²) in [6, 6.07) is 4.65. The molecule has 2 aliphatic rings. The van der Waals surface area contributed by atoms with Crippen molar-refractivity contribution in [3.63, 3.8) is 0 Å². The van der Waals surface area contributed by atoms with Gasteiger partial charge in [-0.15, -0.1) is 0 Å². The van der Waals surface area contributed by atoms with Crippen molar-refractivity contribution >= 4 is 23.6 Å². The number of carbonyl (C=O) groups is 1. The maximum absolute atomic E-state index is 12.0. The molecular formula is C15H9NO5. The van der Waals surface area contributed by atoms with Gasteiger partial charge in [-0.1, -0.05) is 0 Å². The van der Waals surface area contributed by atoms with Crippen LogP contribution < -0.4 is 21.1 Å². The number of hydrogen-bond donors (Lipinski definition) is 3. The monoisotopic (exact) mass is 283 g/mol. The number of carbonyl (C=O) groups excluding carboxylic acids is 1. The Labute approximate surface area is 117 Å². The van der Waals surface area contributed by atoms with Crippen LogP contribution >= 0.6 is 0 Å². The number of hydrogen-bond acceptors (Lipinski definition) is 6. The highest BCUT2D eigenvalue weighted by molar-refractivity contribution is 6.10. The Morgan fingerprint density at radius 3 is 2.76 bits per heavy atom. The van der Waals surface area contributed by atoms with Crippen molar-refractivity contribution in [3.8, 4) is 11.5 Å². The molecule has 6 nitrogen and oxygen atoms in total. The van der Waals surface area contributed by atoms with Crippen molar-refractivity contribution in [1.82, 2.24) is 0 Å². The standard InChI is InChI=1S/C15H9NO5/c17-8-2-1-7-3-13-15(16-21-11(7)5-8)14-10(19)4-9(18)6-12(14)20-13/h1-6,16-18H. The van der Waals surface area contributed by atoms with E-state index in [9.17, 15) is 15.0 Å². The minimum absolute atomic E-state index is 0.0711. The first-order valence-electron chi connectivity index (χ1n) is 6.19. The van der Waals surface area contributed by atoms with Crippen molar-refractivity contribution < 1.29 is 24.3 Å². The molecule has 0 radical (unpaired) electrons. The smallest absolute Gasteiger partial charge is 0.195 e. The van der Waals surface area contributed by atoms with Gasteiger partial charge in [-0.25, -0.2) is 5.48 Å². The van der Waals surface area contributed by atoms with Crippen LogP contribution in [-0.2, 0) is 0 Å². The summed E-state index contributed by atoms with van der Waals surface area (Å²) in [6.07, 6.45) is 4.18. The van der Waals surface area contributed by atoms with Crippen molar-refractivity contribution in [2.24, 2.45) is 0 Å². The molecule has 3 N–H and O–H groups in total. The third kappa shape index (κ3) is 1.69. The largest absolute Gasteiger partial charge is 0.508 e. The molecule has 4 rings (SSSR count). The number of aliphatic hydroxyl groups is 1. The number of fused-ring (bicyclic) bond motifs is 4. The van der Waals surface area contributed by atoms with Gasteiger partial charge >= 0.3 is 0 Å². The quantitative estimate of drug-likeness (QED) is 0.667. The summed E-state index contributed by atoms with van der Waals surface area (Å²) in [5.74, 6) is -0.0292. The van der Waals surface area contributed by atoms with E-state index in [-0.39, 0.29) is 22.7 Å². The first kappa shape index (κ1) is 11.7. The minimum atomic E-state index is -0.367. The molecule has 2 aromatic rings. The molecule has 0 unspecified atom stereocenters. The van der Waals surface area contributed by atoms with Crippen LogP contribution in [0.15, 0.2) is 34.5 Å². The molecule has 1 aliphatic carbocycles. The van der Waals surface area contributed by atoms with Gasteiger partial charge in [0.05, 0.1) is 5.56 Å². The first-order chi connectivity index (χ1) is 10.1. The van der Waals surface area contributed by atoms with E-state index in [4.69, 9.17) is 9.25 Å². The average molecular weight is 283 g/mol. The Kier molecular flexibility index (Phi) is 2.18. The van der Waals surface area contributed by atoms with E-state index in [2.05, 4.69) is 5.48 Å². The van der Waals surface area contributed by atoms with E-state index in [1.54, 1.807) is 12.1 Å². The number of benzene rings is 1. The van der Waals surface area contributed by atoms with Crippen molar-refractivity contribution in [1.29, 1.82) is 0 Å². The highest BCUT2D eigenvalue weighted by atomic mass is 16.6. The maximum atomic E-state index is 12.0. The van der Waals surface area contributed by atoms with Gasteiger partial charge in [0.15, 0.2) is 16.9 Å². The van der Waals surface area contributed by atoms with Gasteiger partial charge in [0.25, 0.3) is 0 Å². The van der Waals surface area contributed by atoms with Gasteiger partial charge in [-0.2, -0.15) is 0 Å². The van der Waals surface area contributed by atoms with Crippen molar-refractivity contribution in [2.75, 3.05) is 5.48 Å². The summed E-state index contributed by atoms with van der Waals surface area (Å²) in [6.45, 7) is 0. The molecule has 1 aliphatic heterocycles. The zero-order valence-electron chi connectivity index (χ0n) is 10.6. The van der Waals surface area contributed by atoms with Crippen molar-refractivity contribution in [3.05, 3.63) is 52.0 Å². The van der Waals surface area contributed by atoms with Crippen LogP contribution in [0.25, 0.3) is 12.2 Å². The SMILES string of the molecule is O=C1C=C(O)C=c2oc3c(c21)NOc1cc(O)ccc1C=3. The zero-order valence-corrected chi connectivity index (χ0v) is 10.6. The van der Waals surface area contributed by atoms with Crippen LogP contribution in [0.3, 0.4) is 0 Å². The van der Waals surface area contributed by atoms with Crippen LogP contribution in [0.4, 0.5) is 5.69 Å². The van der Waals surface area contributed by atoms with E-state index in [1.165, 1.54) is 18.2 Å². The second kappa shape index (κ2) is 3.92. The van der Waals surface area contributed by atoms with Crippen molar-refractivity contribution in [2.45, 2.75) is 0 Å². The molecular weight excluding hydrogens is 274 g/mol. The Bertz CT molecular complexity index is 936. The molecule has 1 aromatic carbocycles. The number of ketones is 1. The van der Waals surface area contributed by atoms with Gasteiger partial charge in [0.2, 0.25) is 0 Å². The van der Waals surface area contributed by atoms with Crippen LogP contribution in [0.2, 0.25) is 0 Å². The van der Waals surface area contributed by atoms with Gasteiger partial charge in [-0.05, 0) is 18.2 Å². The molecule has 1 aromatic heterocycles. The highest BCUT2D eigenvalue weighted by Gasteiger charge is 2.24. The third-order valence-corrected chi connectivity index (χ3v) is 3.31. The van der Waals surface area contributed by atoms with E-state index in [0.717, 1.165) is 6.08 Å². The maximum Gasteiger partial charge on any atom is 0.195 e. The van der Waals surface area contributed by atoms with Gasteiger partial charge in [0.1, 0.15) is 22.6 Å². The third-order valence-electron chi connectivity index (χ3n) is 3.31. The fourth-order valence-corrected chi connectivity index (χ4v) is 2.38. The molecule has 6 heteroatoms. The predicted molar refractivity (Wildman–Crippen MR) is 73.4 cm³/mol. The lowest BCUT2D eigenvalue weighted by Gasteiger charge is -2.08. The van der Waals surface area contributed by atoms with E-state index >= 15 is 0 Å². The number of rotatable bonds is 0. The number of allylic oxidation sites excluding steroid dienone is 2. The Hall–Kier alpha value is -3.15. The summed E-state index contributed by atoms with van der Waals surface area (Å²) >= 11 is 0.